The van der Waals surface area contributed by atoms with Gasteiger partial charge in [-0.3, -0.25) is 10.6 Å². The van der Waals surface area contributed by atoms with Gasteiger partial charge in [-0.05, 0) is 126 Å². The number of hydrogen-bond donors (Lipinski definition) is 2. The average molecular weight is 837 g/mol. The lowest BCUT2D eigenvalue weighted by molar-refractivity contribution is -0.177. The molecule has 14 heteroatoms. The van der Waals surface area contributed by atoms with Crippen LogP contribution in [0.3, 0.4) is 0 Å². The van der Waals surface area contributed by atoms with Gasteiger partial charge in [-0.25, -0.2) is 18.4 Å². The Morgan fingerprint density at radius 3 is 1.18 bits per heavy atom. The van der Waals surface area contributed by atoms with Crippen LogP contribution in [0.5, 0.6) is 23.0 Å². The van der Waals surface area contributed by atoms with Crippen LogP contribution < -0.4 is 29.6 Å². The van der Waals surface area contributed by atoms with E-state index < -0.39 is 24.4 Å². The summed E-state index contributed by atoms with van der Waals surface area (Å²) in [5, 5.41) is 6.33. The molecule has 0 fully saturated rings. The van der Waals surface area contributed by atoms with Crippen LogP contribution in [-0.4, -0.2) is 77.1 Å². The molecule has 0 bridgehead atoms. The van der Waals surface area contributed by atoms with Gasteiger partial charge in [-0.15, -0.1) is 0 Å². The molecule has 0 heterocycles. The molecule has 4 aromatic carbocycles. The third kappa shape index (κ3) is 16.4. The number of benzene rings is 4. The molecule has 0 saturated heterocycles. The Morgan fingerprint density at radius 2 is 0.850 bits per heavy atom. The van der Waals surface area contributed by atoms with Crippen LogP contribution in [0, 0.1) is 11.6 Å². The van der Waals surface area contributed by atoms with Crippen LogP contribution in [0.4, 0.5) is 8.78 Å². The summed E-state index contributed by atoms with van der Waals surface area (Å²) in [4.78, 5) is 26.8. The van der Waals surface area contributed by atoms with E-state index in [1.807, 2.05) is 39.8 Å². The number of para-hydroxylation sites is 4. The van der Waals surface area contributed by atoms with Gasteiger partial charge in [0.2, 0.25) is 0 Å². The third-order valence-electron chi connectivity index (χ3n) is 8.99. The predicted molar refractivity (Wildman–Crippen MR) is 222 cm³/mol. The highest BCUT2D eigenvalue weighted by Crippen LogP contribution is 2.28. The van der Waals surface area contributed by atoms with Crippen molar-refractivity contribution in [3.05, 3.63) is 120 Å². The fourth-order valence-electron chi connectivity index (χ4n) is 6.19. The molecular formula is C46H58F2N2O10. The van der Waals surface area contributed by atoms with E-state index in [1.165, 1.54) is 24.3 Å². The van der Waals surface area contributed by atoms with Gasteiger partial charge >= 0.3 is 11.9 Å². The Labute approximate surface area is 351 Å². The van der Waals surface area contributed by atoms with Crippen molar-refractivity contribution in [1.82, 2.24) is 10.6 Å². The van der Waals surface area contributed by atoms with Gasteiger partial charge in [-0.2, -0.15) is 0 Å². The zero-order chi connectivity index (χ0) is 43.0. The van der Waals surface area contributed by atoms with E-state index in [1.54, 1.807) is 60.7 Å². The number of halogens is 2. The lowest BCUT2D eigenvalue weighted by Crippen LogP contribution is -2.44. The van der Waals surface area contributed by atoms with Crippen molar-refractivity contribution >= 4 is 11.9 Å². The van der Waals surface area contributed by atoms with Crippen molar-refractivity contribution in [3.8, 4) is 23.0 Å². The maximum Gasteiger partial charge on any atom is 0.419 e. The summed E-state index contributed by atoms with van der Waals surface area (Å²) < 4.78 is 73.7. The molecule has 4 unspecified atom stereocenters. The summed E-state index contributed by atoms with van der Waals surface area (Å²) in [6, 6.07) is 26.5. The summed E-state index contributed by atoms with van der Waals surface area (Å²) in [5.74, 6) is -1.29. The van der Waals surface area contributed by atoms with Gasteiger partial charge in [0.15, 0.2) is 35.5 Å². The lowest BCUT2D eigenvalue weighted by atomic mass is 10.0. The molecule has 0 aliphatic carbocycles. The molecule has 0 radical (unpaired) electrons. The van der Waals surface area contributed by atoms with Crippen molar-refractivity contribution in [2.75, 3.05) is 52.7 Å². The average Bonchev–Trinajstić information content (AvgIpc) is 3.25. The first-order valence-corrected chi connectivity index (χ1v) is 20.6. The highest BCUT2D eigenvalue weighted by molar-refractivity contribution is 6.29. The largest absolute Gasteiger partial charge is 0.490 e. The Balaban J connectivity index is 1.42. The minimum absolute atomic E-state index is 0.163. The van der Waals surface area contributed by atoms with Crippen LogP contribution in [0.25, 0.3) is 0 Å². The number of nitrogens with one attached hydrogen (secondary N) is 2. The van der Waals surface area contributed by atoms with E-state index in [0.29, 0.717) is 88.2 Å². The van der Waals surface area contributed by atoms with Gasteiger partial charge < -0.3 is 37.9 Å². The standard InChI is InChI=1S/C46H58F2N2O10/c1-5-53-37(33-21-25-35(47)26-22-33)19-13-29-49-43(31-57-41-17-11-9-15-39(41)55-7-3)59-45(51)46(52)60-44(32-58-42-18-12-10-16-40(42)56-8-4)50-30-14-20-38(54-6-2)34-23-27-36(48)28-24-34/h9-12,15-18,21-28,37-38,43-44,49-50H,5-8,13-14,19-20,29-32H2,1-4H3. The number of carbonyl (C=O) groups is 2. The smallest absolute Gasteiger partial charge is 0.419 e. The van der Waals surface area contributed by atoms with Crippen LogP contribution in [0.2, 0.25) is 0 Å². The molecule has 0 aliphatic rings. The SMILES string of the molecule is CCOc1ccccc1OCC(NCCCC(OCC)c1ccc(F)cc1)OC(=O)C(=O)OC(COc1ccccc1OCC)NCCCC(OCC)c1ccc(F)cc1. The second-order valence-corrected chi connectivity index (χ2v) is 13.4. The zero-order valence-electron chi connectivity index (χ0n) is 34.9. The summed E-state index contributed by atoms with van der Waals surface area (Å²) >= 11 is 0. The number of hydrogen-bond acceptors (Lipinski definition) is 12. The maximum atomic E-state index is 13.6. The third-order valence-corrected chi connectivity index (χ3v) is 8.99. The normalized spacial score (nSPS) is 13.1. The molecule has 0 amide bonds. The fraction of sp³-hybridized carbons (Fsp3) is 0.435. The monoisotopic (exact) mass is 836 g/mol. The second-order valence-electron chi connectivity index (χ2n) is 13.4. The summed E-state index contributed by atoms with van der Waals surface area (Å²) in [7, 11) is 0. The first-order chi connectivity index (χ1) is 29.2. The molecule has 2 N–H and O–H groups in total. The van der Waals surface area contributed by atoms with Gasteiger partial charge in [0, 0.05) is 13.2 Å². The highest BCUT2D eigenvalue weighted by atomic mass is 19.1. The van der Waals surface area contributed by atoms with Crippen molar-refractivity contribution in [2.24, 2.45) is 0 Å². The van der Waals surface area contributed by atoms with Crippen molar-refractivity contribution in [1.29, 1.82) is 0 Å². The van der Waals surface area contributed by atoms with E-state index in [0.717, 1.165) is 11.1 Å². The Bertz CT molecular complexity index is 1700. The molecule has 60 heavy (non-hydrogen) atoms. The zero-order valence-corrected chi connectivity index (χ0v) is 34.9. The Morgan fingerprint density at radius 1 is 0.500 bits per heavy atom. The van der Waals surface area contributed by atoms with E-state index in [2.05, 4.69) is 10.6 Å². The molecule has 12 nitrogen and oxygen atoms in total. The van der Waals surface area contributed by atoms with E-state index in [-0.39, 0.29) is 37.1 Å². The molecule has 0 aromatic heterocycles. The van der Waals surface area contributed by atoms with Crippen LogP contribution in [0.15, 0.2) is 97.1 Å². The topological polar surface area (TPSA) is 132 Å². The van der Waals surface area contributed by atoms with Gasteiger partial charge in [0.05, 0.1) is 25.4 Å². The van der Waals surface area contributed by atoms with Crippen molar-refractivity contribution in [3.63, 3.8) is 0 Å². The van der Waals surface area contributed by atoms with Gasteiger partial charge in [0.25, 0.3) is 0 Å². The quantitative estimate of drug-likeness (QED) is 0.0247. The Hall–Kier alpha value is -5.28. The molecule has 0 spiro atoms. The van der Waals surface area contributed by atoms with Crippen LogP contribution in [-0.2, 0) is 28.5 Å². The summed E-state index contributed by atoms with van der Waals surface area (Å²) in [5.41, 5.74) is 1.69. The summed E-state index contributed by atoms with van der Waals surface area (Å²) in [6.07, 6.45) is -0.374. The molecule has 0 saturated carbocycles. The number of carbonyl (C=O) groups excluding carboxylic acids is 2. The molecule has 326 valence electrons. The molecule has 0 aliphatic heterocycles. The van der Waals surface area contributed by atoms with Gasteiger partial charge in [0.1, 0.15) is 24.8 Å². The predicted octanol–water partition coefficient (Wildman–Crippen LogP) is 8.25. The first kappa shape index (κ1) is 47.4. The second kappa shape index (κ2) is 26.7. The fourth-order valence-corrected chi connectivity index (χ4v) is 6.19. The molecule has 4 atom stereocenters. The van der Waals surface area contributed by atoms with Crippen LogP contribution >= 0.6 is 0 Å². The highest BCUT2D eigenvalue weighted by Gasteiger charge is 2.27. The summed E-state index contributed by atoms with van der Waals surface area (Å²) in [6.45, 7) is 9.63. The first-order valence-electron chi connectivity index (χ1n) is 20.6. The molecule has 4 aromatic rings. The van der Waals surface area contributed by atoms with Gasteiger partial charge in [-0.1, -0.05) is 48.5 Å². The number of rotatable bonds is 28. The number of esters is 2. The van der Waals surface area contributed by atoms with Crippen molar-refractivity contribution < 1.29 is 56.3 Å². The number of ether oxygens (including phenoxy) is 8. The van der Waals surface area contributed by atoms with E-state index >= 15 is 0 Å². The minimum atomic E-state index is -1.25. The minimum Gasteiger partial charge on any atom is -0.490 e. The lowest BCUT2D eigenvalue weighted by Gasteiger charge is -2.23. The molecular weight excluding hydrogens is 779 g/mol. The maximum absolute atomic E-state index is 13.6. The Kier molecular flexibility index (Phi) is 21.1. The van der Waals surface area contributed by atoms with E-state index in [9.17, 15) is 18.4 Å². The van der Waals surface area contributed by atoms with Crippen LogP contribution in [0.1, 0.15) is 76.7 Å². The van der Waals surface area contributed by atoms with E-state index in [4.69, 9.17) is 37.9 Å². The molecule has 4 rings (SSSR count). The van der Waals surface area contributed by atoms with Crippen molar-refractivity contribution in [2.45, 2.75) is 78.0 Å².